The van der Waals surface area contributed by atoms with Gasteiger partial charge in [-0.05, 0) is 79.2 Å². The molecule has 35 heavy (non-hydrogen) atoms. The normalized spacial score (nSPS) is 27.9. The van der Waals surface area contributed by atoms with Crippen molar-refractivity contribution in [2.75, 3.05) is 92.6 Å². The fourth-order valence-electron chi connectivity index (χ4n) is 4.91. The standard InChI is InChI=1S/C8H16N2.C7H14N2.C7H16OSi.C5H12N2/c1-9-4-6-10(7-5-9)8-2-3-8;1-2-7(1)9-5-3-8-4-6-9;1-7(5-6-7)8-9(2,3)4;1-7-4-2-6-3-5-7/h8H,2-7H2,1H3;7-8H,1-6H2;5-6H2,1-4H3;6H,2-5H2,1H3. The van der Waals surface area contributed by atoms with Crippen LogP contribution in [-0.2, 0) is 4.43 Å². The first-order chi connectivity index (χ1) is 16.6. The first-order valence-corrected chi connectivity index (χ1v) is 18.0. The van der Waals surface area contributed by atoms with Crippen molar-refractivity contribution in [1.29, 1.82) is 0 Å². The number of piperazine rings is 3. The molecule has 0 amide bonds. The summed E-state index contributed by atoms with van der Waals surface area (Å²) in [5, 5.41) is 6.63. The lowest BCUT2D eigenvalue weighted by molar-refractivity contribution is 0.147. The van der Waals surface area contributed by atoms with E-state index in [9.17, 15) is 0 Å². The van der Waals surface area contributed by atoms with Crippen LogP contribution in [0.3, 0.4) is 0 Å². The van der Waals surface area contributed by atoms with Crippen LogP contribution >= 0.6 is 0 Å². The Morgan fingerprint density at radius 2 is 1.03 bits per heavy atom. The minimum absolute atomic E-state index is 0.296. The van der Waals surface area contributed by atoms with Crippen LogP contribution in [0.15, 0.2) is 0 Å². The van der Waals surface area contributed by atoms with Gasteiger partial charge in [0.15, 0.2) is 8.32 Å². The van der Waals surface area contributed by atoms with Gasteiger partial charge in [-0.2, -0.15) is 0 Å². The van der Waals surface area contributed by atoms with Gasteiger partial charge < -0.3 is 24.9 Å². The predicted molar refractivity (Wildman–Crippen MR) is 152 cm³/mol. The van der Waals surface area contributed by atoms with Crippen molar-refractivity contribution in [3.63, 3.8) is 0 Å². The Morgan fingerprint density at radius 1 is 0.629 bits per heavy atom. The third-order valence-electron chi connectivity index (χ3n) is 7.66. The van der Waals surface area contributed by atoms with Gasteiger partial charge in [0.2, 0.25) is 0 Å². The van der Waals surface area contributed by atoms with Gasteiger partial charge in [-0.25, -0.2) is 0 Å². The van der Waals surface area contributed by atoms with E-state index in [4.69, 9.17) is 4.43 Å². The fraction of sp³-hybridized carbons (Fsp3) is 1.00. The topological polar surface area (TPSA) is 46.3 Å². The molecule has 0 atom stereocenters. The first-order valence-electron chi connectivity index (χ1n) is 14.6. The highest BCUT2D eigenvalue weighted by Crippen LogP contribution is 2.40. The van der Waals surface area contributed by atoms with E-state index in [1.54, 1.807) is 0 Å². The van der Waals surface area contributed by atoms with E-state index in [-0.39, 0.29) is 0 Å². The molecule has 8 heteroatoms. The molecule has 6 rings (SSSR count). The van der Waals surface area contributed by atoms with Crippen LogP contribution in [0, 0.1) is 0 Å². The lowest BCUT2D eigenvalue weighted by Gasteiger charge is -2.32. The summed E-state index contributed by atoms with van der Waals surface area (Å²) in [4.78, 5) is 9.99. The van der Waals surface area contributed by atoms with Crippen LogP contribution in [0.2, 0.25) is 19.6 Å². The summed E-state index contributed by atoms with van der Waals surface area (Å²) < 4.78 is 5.88. The Kier molecular flexibility index (Phi) is 12.0. The highest BCUT2D eigenvalue weighted by atomic mass is 28.4. The molecular formula is C27H58N6OSi. The van der Waals surface area contributed by atoms with Crippen LogP contribution < -0.4 is 10.6 Å². The summed E-state index contributed by atoms with van der Waals surface area (Å²) in [7, 11) is 3.14. The van der Waals surface area contributed by atoms with Crippen LogP contribution in [0.25, 0.3) is 0 Å². The molecule has 6 fully saturated rings. The lowest BCUT2D eigenvalue weighted by atomic mass is 10.3. The van der Waals surface area contributed by atoms with E-state index < -0.39 is 8.32 Å². The molecule has 3 heterocycles. The van der Waals surface area contributed by atoms with Crippen molar-refractivity contribution < 1.29 is 4.43 Å². The average Bonchev–Trinajstić information content (AvgIpc) is 3.67. The minimum atomic E-state index is -1.23. The highest BCUT2D eigenvalue weighted by molar-refractivity contribution is 6.69. The number of likely N-dealkylation sites (N-methyl/N-ethyl adjacent to an activating group) is 2. The number of nitrogens with zero attached hydrogens (tertiary/aromatic N) is 4. The van der Waals surface area contributed by atoms with Gasteiger partial charge in [0, 0.05) is 90.6 Å². The van der Waals surface area contributed by atoms with E-state index >= 15 is 0 Å². The molecule has 0 radical (unpaired) electrons. The van der Waals surface area contributed by atoms with E-state index in [0.29, 0.717) is 5.60 Å². The van der Waals surface area contributed by atoms with Crippen molar-refractivity contribution in [2.45, 2.75) is 82.8 Å². The molecule has 3 aliphatic carbocycles. The van der Waals surface area contributed by atoms with E-state index in [2.05, 4.69) is 70.9 Å². The lowest BCUT2D eigenvalue weighted by Crippen LogP contribution is -2.45. The second-order valence-electron chi connectivity index (χ2n) is 12.8. The Bertz CT molecular complexity index is 567. The third-order valence-corrected chi connectivity index (χ3v) is 8.77. The molecular weight excluding hydrogens is 452 g/mol. The average molecular weight is 511 g/mol. The van der Waals surface area contributed by atoms with E-state index in [1.807, 2.05) is 0 Å². The smallest absolute Gasteiger partial charge is 0.184 e. The SMILES string of the molecule is C1CN(C2CC2)CCN1.CC1(O[Si](C)(C)C)CC1.CN1CCN(C2CC2)CC1.CN1CCNCC1. The van der Waals surface area contributed by atoms with Gasteiger partial charge in [-0.3, -0.25) is 9.80 Å². The van der Waals surface area contributed by atoms with Crippen molar-refractivity contribution in [3.05, 3.63) is 0 Å². The Hall–Kier alpha value is -0.0631. The van der Waals surface area contributed by atoms with Gasteiger partial charge in [0.25, 0.3) is 0 Å². The maximum absolute atomic E-state index is 5.88. The minimum Gasteiger partial charge on any atom is -0.412 e. The number of hydrogen-bond donors (Lipinski definition) is 2. The zero-order valence-corrected chi connectivity index (χ0v) is 25.1. The Balaban J connectivity index is 0.000000131. The van der Waals surface area contributed by atoms with Gasteiger partial charge in [-0.15, -0.1) is 0 Å². The quantitative estimate of drug-likeness (QED) is 0.563. The Morgan fingerprint density at radius 3 is 1.34 bits per heavy atom. The van der Waals surface area contributed by atoms with Crippen LogP contribution in [0.4, 0.5) is 0 Å². The fourth-order valence-corrected chi connectivity index (χ4v) is 6.59. The molecule has 0 spiro atoms. The zero-order valence-electron chi connectivity index (χ0n) is 24.1. The molecule has 206 valence electrons. The predicted octanol–water partition coefficient (Wildman–Crippen LogP) is 2.36. The molecule has 2 N–H and O–H groups in total. The highest BCUT2D eigenvalue weighted by Gasteiger charge is 2.41. The van der Waals surface area contributed by atoms with Crippen LogP contribution in [0.1, 0.15) is 45.4 Å². The summed E-state index contributed by atoms with van der Waals surface area (Å²) in [6.07, 6.45) is 8.39. The van der Waals surface area contributed by atoms with Gasteiger partial charge in [0.1, 0.15) is 0 Å². The molecule has 0 bridgehead atoms. The number of rotatable bonds is 4. The van der Waals surface area contributed by atoms with Crippen LogP contribution in [0.5, 0.6) is 0 Å². The second kappa shape index (κ2) is 14.2. The first kappa shape index (κ1) is 29.5. The van der Waals surface area contributed by atoms with Crippen molar-refractivity contribution >= 4 is 8.32 Å². The summed E-state index contributed by atoms with van der Waals surface area (Å²) in [6.45, 7) is 23.8. The summed E-state index contributed by atoms with van der Waals surface area (Å²) in [5.41, 5.74) is 0.296. The molecule has 0 aromatic heterocycles. The van der Waals surface area contributed by atoms with Crippen molar-refractivity contribution in [3.8, 4) is 0 Å². The van der Waals surface area contributed by atoms with Gasteiger partial charge >= 0.3 is 0 Å². The summed E-state index contributed by atoms with van der Waals surface area (Å²) in [5.74, 6) is 0. The van der Waals surface area contributed by atoms with E-state index in [1.165, 1.54) is 104 Å². The van der Waals surface area contributed by atoms with Crippen molar-refractivity contribution in [2.24, 2.45) is 0 Å². The molecule has 3 saturated carbocycles. The molecule has 3 saturated heterocycles. The maximum Gasteiger partial charge on any atom is 0.184 e. The molecule has 3 aliphatic heterocycles. The third kappa shape index (κ3) is 13.3. The second-order valence-corrected chi connectivity index (χ2v) is 17.2. The summed E-state index contributed by atoms with van der Waals surface area (Å²) >= 11 is 0. The number of hydrogen-bond acceptors (Lipinski definition) is 7. The monoisotopic (exact) mass is 510 g/mol. The molecule has 0 unspecified atom stereocenters. The molecule has 7 nitrogen and oxygen atoms in total. The molecule has 0 aromatic carbocycles. The summed E-state index contributed by atoms with van der Waals surface area (Å²) in [6, 6.07) is 1.96. The largest absolute Gasteiger partial charge is 0.412 e. The zero-order chi connectivity index (χ0) is 25.3. The van der Waals surface area contributed by atoms with Gasteiger partial charge in [0.05, 0.1) is 5.60 Å². The maximum atomic E-state index is 5.88. The van der Waals surface area contributed by atoms with Crippen LogP contribution in [-0.4, -0.2) is 138 Å². The van der Waals surface area contributed by atoms with Gasteiger partial charge in [-0.1, -0.05) is 0 Å². The van der Waals surface area contributed by atoms with E-state index in [0.717, 1.165) is 25.2 Å². The van der Waals surface area contributed by atoms with Crippen molar-refractivity contribution in [1.82, 2.24) is 30.2 Å². The molecule has 0 aromatic rings. The number of nitrogens with one attached hydrogen (secondary N) is 2. The Labute approximate surface area is 218 Å². The molecule has 6 aliphatic rings.